The lowest BCUT2D eigenvalue weighted by Gasteiger charge is -2.37. The third-order valence-corrected chi connectivity index (χ3v) is 3.97. The number of hydrogen-bond acceptors (Lipinski definition) is 3. The van der Waals surface area contributed by atoms with Crippen molar-refractivity contribution in [2.45, 2.75) is 26.8 Å². The van der Waals surface area contributed by atoms with E-state index in [1.807, 2.05) is 20.8 Å². The van der Waals surface area contributed by atoms with Gasteiger partial charge < -0.3 is 5.73 Å². The van der Waals surface area contributed by atoms with Crippen molar-refractivity contribution in [2.24, 2.45) is 5.41 Å². The average Bonchev–Trinajstić information content (AvgIpc) is 2.17. The summed E-state index contributed by atoms with van der Waals surface area (Å²) in [4.78, 5) is 0. The molecule has 0 aliphatic rings. The van der Waals surface area contributed by atoms with Gasteiger partial charge >= 0.3 is 0 Å². The Balaban J connectivity index is 3.28. The zero-order valence-corrected chi connectivity index (χ0v) is 12.2. The minimum atomic E-state index is -3.38. The summed E-state index contributed by atoms with van der Waals surface area (Å²) < 4.78 is 25.3. The first-order valence-corrected chi connectivity index (χ1v) is 7.56. The highest BCUT2D eigenvalue weighted by Crippen LogP contribution is 2.30. The standard InChI is InChI=1S/C13H21N2O2S/c1-10(13(2,3)4)15(18(5,16)17)12-8-6-11(14)7-9-12/h6-10H,1,14H2,2-5H3. The maximum absolute atomic E-state index is 12.0. The van der Waals surface area contributed by atoms with Gasteiger partial charge in [0.1, 0.15) is 0 Å². The van der Waals surface area contributed by atoms with Gasteiger partial charge in [-0.15, -0.1) is 0 Å². The van der Waals surface area contributed by atoms with Crippen LogP contribution >= 0.6 is 0 Å². The molecule has 0 fully saturated rings. The van der Waals surface area contributed by atoms with Gasteiger partial charge in [0.15, 0.2) is 0 Å². The van der Waals surface area contributed by atoms with E-state index in [9.17, 15) is 8.42 Å². The maximum Gasteiger partial charge on any atom is 0.232 e. The number of rotatable bonds is 3. The lowest BCUT2D eigenvalue weighted by Crippen LogP contribution is -2.45. The van der Waals surface area contributed by atoms with Gasteiger partial charge in [-0.05, 0) is 36.6 Å². The Morgan fingerprint density at radius 3 is 2.00 bits per heavy atom. The first kappa shape index (κ1) is 14.8. The van der Waals surface area contributed by atoms with Crippen LogP contribution in [0.2, 0.25) is 0 Å². The molecule has 0 bridgehead atoms. The molecular weight excluding hydrogens is 248 g/mol. The second-order valence-corrected chi connectivity index (χ2v) is 7.39. The van der Waals surface area contributed by atoms with Gasteiger partial charge in [-0.2, -0.15) is 0 Å². The number of benzene rings is 1. The number of anilines is 2. The third-order valence-electron chi connectivity index (χ3n) is 2.79. The van der Waals surface area contributed by atoms with E-state index in [1.54, 1.807) is 24.3 Å². The Labute approximate surface area is 110 Å². The highest BCUT2D eigenvalue weighted by atomic mass is 32.2. The van der Waals surface area contributed by atoms with Gasteiger partial charge in [-0.1, -0.05) is 20.8 Å². The lowest BCUT2D eigenvalue weighted by molar-refractivity contribution is 0.364. The molecule has 5 heteroatoms. The molecule has 2 N–H and O–H groups in total. The van der Waals surface area contributed by atoms with E-state index in [2.05, 4.69) is 6.92 Å². The molecule has 0 saturated heterocycles. The number of nitrogens with two attached hydrogens (primary N) is 1. The second-order valence-electron chi connectivity index (χ2n) is 5.53. The van der Waals surface area contributed by atoms with Crippen LogP contribution in [0.3, 0.4) is 0 Å². The van der Waals surface area contributed by atoms with Crippen molar-refractivity contribution in [2.75, 3.05) is 16.3 Å². The average molecular weight is 269 g/mol. The molecule has 0 heterocycles. The molecule has 1 unspecified atom stereocenters. The Morgan fingerprint density at radius 1 is 1.22 bits per heavy atom. The van der Waals surface area contributed by atoms with E-state index >= 15 is 0 Å². The first-order chi connectivity index (χ1) is 8.03. The molecule has 1 aromatic rings. The van der Waals surface area contributed by atoms with E-state index < -0.39 is 16.1 Å². The van der Waals surface area contributed by atoms with Gasteiger partial charge in [0.2, 0.25) is 10.0 Å². The van der Waals surface area contributed by atoms with E-state index in [0.29, 0.717) is 11.4 Å². The van der Waals surface area contributed by atoms with Gasteiger partial charge in [-0.3, -0.25) is 4.31 Å². The van der Waals surface area contributed by atoms with E-state index in [-0.39, 0.29) is 5.41 Å². The Kier molecular flexibility index (Phi) is 3.96. The van der Waals surface area contributed by atoms with Crippen LogP contribution in [0, 0.1) is 12.3 Å². The van der Waals surface area contributed by atoms with Crippen molar-refractivity contribution in [3.05, 3.63) is 31.2 Å². The topological polar surface area (TPSA) is 63.4 Å². The maximum atomic E-state index is 12.0. The number of nitrogens with zero attached hydrogens (tertiary/aromatic N) is 1. The molecule has 0 saturated carbocycles. The van der Waals surface area contributed by atoms with Crippen molar-refractivity contribution in [1.29, 1.82) is 0 Å². The normalized spacial score (nSPS) is 14.3. The van der Waals surface area contributed by atoms with E-state index in [1.165, 1.54) is 10.6 Å². The predicted octanol–water partition coefficient (Wildman–Crippen LogP) is 2.28. The summed E-state index contributed by atoms with van der Waals surface area (Å²) in [6.07, 6.45) is 1.19. The highest BCUT2D eigenvalue weighted by Gasteiger charge is 2.32. The summed E-state index contributed by atoms with van der Waals surface area (Å²) >= 11 is 0. The van der Waals surface area contributed by atoms with Gasteiger partial charge in [0.25, 0.3) is 0 Å². The van der Waals surface area contributed by atoms with Crippen LogP contribution in [0.1, 0.15) is 20.8 Å². The minimum absolute atomic E-state index is 0.259. The Morgan fingerprint density at radius 2 is 1.67 bits per heavy atom. The Hall–Kier alpha value is -1.23. The zero-order chi connectivity index (χ0) is 14.1. The molecule has 0 amide bonds. The molecule has 1 rings (SSSR count). The summed E-state index contributed by atoms with van der Waals surface area (Å²) in [5.41, 5.74) is 6.54. The third kappa shape index (κ3) is 3.38. The van der Waals surface area contributed by atoms with Crippen molar-refractivity contribution in [3.63, 3.8) is 0 Å². The largest absolute Gasteiger partial charge is 0.399 e. The van der Waals surface area contributed by atoms with Crippen LogP contribution in [0.25, 0.3) is 0 Å². The molecule has 0 aliphatic heterocycles. The molecule has 1 radical (unpaired) electrons. The molecular formula is C13H21N2O2S. The van der Waals surface area contributed by atoms with E-state index in [0.717, 1.165) is 0 Å². The van der Waals surface area contributed by atoms with Crippen LogP contribution < -0.4 is 10.0 Å². The van der Waals surface area contributed by atoms with Gasteiger partial charge in [0.05, 0.1) is 11.9 Å². The van der Waals surface area contributed by atoms with E-state index in [4.69, 9.17) is 5.73 Å². The van der Waals surface area contributed by atoms with Gasteiger partial charge in [0, 0.05) is 11.7 Å². The van der Waals surface area contributed by atoms with Crippen molar-refractivity contribution < 1.29 is 8.42 Å². The van der Waals surface area contributed by atoms with Crippen LogP contribution in [0.15, 0.2) is 24.3 Å². The summed E-state index contributed by atoms with van der Waals surface area (Å²) in [6, 6.07) is 6.36. The summed E-state index contributed by atoms with van der Waals surface area (Å²) in [6.45, 7) is 9.87. The molecule has 0 spiro atoms. The molecule has 4 nitrogen and oxygen atoms in total. The highest BCUT2D eigenvalue weighted by molar-refractivity contribution is 7.92. The quantitative estimate of drug-likeness (QED) is 0.856. The van der Waals surface area contributed by atoms with Crippen molar-refractivity contribution >= 4 is 21.4 Å². The summed E-state index contributed by atoms with van der Waals surface area (Å²) in [5.74, 6) is 0. The van der Waals surface area contributed by atoms with Crippen LogP contribution in [-0.2, 0) is 10.0 Å². The van der Waals surface area contributed by atoms with Gasteiger partial charge in [-0.25, -0.2) is 8.42 Å². The van der Waals surface area contributed by atoms with Crippen molar-refractivity contribution in [3.8, 4) is 0 Å². The Bertz CT molecular complexity index is 501. The second kappa shape index (κ2) is 4.80. The lowest BCUT2D eigenvalue weighted by atomic mass is 9.88. The fraction of sp³-hybridized carbons (Fsp3) is 0.462. The summed E-state index contributed by atoms with van der Waals surface area (Å²) in [7, 11) is -3.38. The fourth-order valence-electron chi connectivity index (χ4n) is 1.58. The molecule has 0 aliphatic carbocycles. The minimum Gasteiger partial charge on any atom is -0.399 e. The molecule has 18 heavy (non-hydrogen) atoms. The number of nitrogen functional groups attached to an aromatic ring is 1. The predicted molar refractivity (Wildman–Crippen MR) is 76.8 cm³/mol. The number of sulfonamides is 1. The molecule has 101 valence electrons. The number of hydrogen-bond donors (Lipinski definition) is 1. The smallest absolute Gasteiger partial charge is 0.232 e. The first-order valence-electron chi connectivity index (χ1n) is 5.71. The molecule has 1 atom stereocenters. The molecule has 1 aromatic carbocycles. The fourth-order valence-corrected chi connectivity index (χ4v) is 2.86. The van der Waals surface area contributed by atoms with Crippen molar-refractivity contribution in [1.82, 2.24) is 0 Å². The van der Waals surface area contributed by atoms with Crippen LogP contribution in [-0.4, -0.2) is 20.7 Å². The zero-order valence-electron chi connectivity index (χ0n) is 11.3. The van der Waals surface area contributed by atoms with Crippen LogP contribution in [0.4, 0.5) is 11.4 Å². The summed E-state index contributed by atoms with van der Waals surface area (Å²) in [5, 5.41) is 0. The monoisotopic (exact) mass is 269 g/mol. The SMILES string of the molecule is [CH2]C(N(c1ccc(N)cc1)S(C)(=O)=O)C(C)(C)C. The molecule has 0 aromatic heterocycles. The van der Waals surface area contributed by atoms with Crippen LogP contribution in [0.5, 0.6) is 0 Å².